The first-order valence-electron chi connectivity index (χ1n) is 7.23. The highest BCUT2D eigenvalue weighted by Gasteiger charge is 2.26. The Morgan fingerprint density at radius 2 is 1.68 bits per heavy atom. The zero-order valence-corrected chi connectivity index (χ0v) is 14.0. The number of methoxy groups -OCH3 is 2. The van der Waals surface area contributed by atoms with E-state index < -0.39 is 6.04 Å². The minimum absolute atomic E-state index is 0.0273. The van der Waals surface area contributed by atoms with E-state index in [2.05, 4.69) is 20.8 Å². The third-order valence-corrected chi connectivity index (χ3v) is 3.58. The van der Waals surface area contributed by atoms with Crippen LogP contribution in [0.4, 0.5) is 0 Å². The van der Waals surface area contributed by atoms with Crippen molar-refractivity contribution in [1.82, 2.24) is 0 Å². The lowest BCUT2D eigenvalue weighted by Gasteiger charge is -2.23. The van der Waals surface area contributed by atoms with Crippen LogP contribution in [0.2, 0.25) is 0 Å². The molecule has 6 heteroatoms. The molecule has 22 heavy (non-hydrogen) atoms. The molecule has 124 valence electrons. The summed E-state index contributed by atoms with van der Waals surface area (Å²) < 4.78 is 10.1. The standard InChI is InChI=1S/C16H26N2O4/c1-16(2,3)13-7-11(14(17)9-21-4)6-12(8-13)15(10-22-5)18(19)20/h6-8,14-15H,9-10,17H2,1-5H3. The number of hydrogen-bond donors (Lipinski definition) is 1. The van der Waals surface area contributed by atoms with Gasteiger partial charge in [-0.15, -0.1) is 0 Å². The highest BCUT2D eigenvalue weighted by atomic mass is 16.6. The van der Waals surface area contributed by atoms with Crippen molar-refractivity contribution in [3.8, 4) is 0 Å². The number of nitrogens with two attached hydrogens (primary N) is 1. The first-order chi connectivity index (χ1) is 10.2. The van der Waals surface area contributed by atoms with Crippen LogP contribution >= 0.6 is 0 Å². The molecule has 0 aliphatic heterocycles. The summed E-state index contributed by atoms with van der Waals surface area (Å²) >= 11 is 0. The van der Waals surface area contributed by atoms with Gasteiger partial charge in [0.25, 0.3) is 6.04 Å². The molecule has 0 radical (unpaired) electrons. The molecule has 2 N–H and O–H groups in total. The summed E-state index contributed by atoms with van der Waals surface area (Å²) in [5.74, 6) is 0. The van der Waals surface area contributed by atoms with Crippen LogP contribution in [0.3, 0.4) is 0 Å². The van der Waals surface area contributed by atoms with E-state index in [1.54, 1.807) is 13.2 Å². The average molecular weight is 310 g/mol. The van der Waals surface area contributed by atoms with Crippen molar-refractivity contribution in [2.24, 2.45) is 5.73 Å². The van der Waals surface area contributed by atoms with Gasteiger partial charge in [0.1, 0.15) is 6.61 Å². The van der Waals surface area contributed by atoms with Crippen LogP contribution in [-0.2, 0) is 14.9 Å². The number of ether oxygens (including phenoxy) is 2. The molecule has 0 aliphatic carbocycles. The first kappa shape index (κ1) is 18.5. The Kier molecular flexibility index (Phi) is 6.47. The number of nitro groups is 1. The Bertz CT molecular complexity index is 511. The van der Waals surface area contributed by atoms with Crippen molar-refractivity contribution in [3.05, 3.63) is 45.0 Å². The maximum atomic E-state index is 11.3. The van der Waals surface area contributed by atoms with Crippen molar-refractivity contribution in [3.63, 3.8) is 0 Å². The number of benzene rings is 1. The Balaban J connectivity index is 3.36. The molecule has 1 rings (SSSR count). The molecule has 0 spiro atoms. The van der Waals surface area contributed by atoms with Gasteiger partial charge in [0.2, 0.25) is 0 Å². The topological polar surface area (TPSA) is 87.6 Å². The summed E-state index contributed by atoms with van der Waals surface area (Å²) in [7, 11) is 3.04. The largest absolute Gasteiger partial charge is 0.383 e. The quantitative estimate of drug-likeness (QED) is 0.618. The van der Waals surface area contributed by atoms with E-state index in [0.717, 1.165) is 11.1 Å². The predicted molar refractivity (Wildman–Crippen MR) is 85.6 cm³/mol. The van der Waals surface area contributed by atoms with Crippen LogP contribution in [0.25, 0.3) is 0 Å². The molecule has 6 nitrogen and oxygen atoms in total. The second-order valence-electron chi connectivity index (χ2n) is 6.46. The summed E-state index contributed by atoms with van der Waals surface area (Å²) in [6.45, 7) is 6.58. The van der Waals surface area contributed by atoms with E-state index in [0.29, 0.717) is 12.2 Å². The van der Waals surface area contributed by atoms with Gasteiger partial charge in [-0.1, -0.05) is 26.8 Å². The maximum absolute atomic E-state index is 11.3. The molecule has 1 aromatic rings. The summed E-state index contributed by atoms with van der Waals surface area (Å²) in [5, 5.41) is 11.3. The van der Waals surface area contributed by atoms with Gasteiger partial charge < -0.3 is 15.2 Å². The molecule has 2 atom stereocenters. The fraction of sp³-hybridized carbons (Fsp3) is 0.625. The van der Waals surface area contributed by atoms with Gasteiger partial charge in [-0.05, 0) is 28.7 Å². The first-order valence-corrected chi connectivity index (χ1v) is 7.23. The van der Waals surface area contributed by atoms with E-state index in [-0.39, 0.29) is 23.0 Å². The minimum Gasteiger partial charge on any atom is -0.383 e. The van der Waals surface area contributed by atoms with Gasteiger partial charge in [-0.2, -0.15) is 0 Å². The van der Waals surface area contributed by atoms with Crippen LogP contribution in [0.1, 0.15) is 49.5 Å². The van der Waals surface area contributed by atoms with Crippen molar-refractivity contribution >= 4 is 0 Å². The van der Waals surface area contributed by atoms with Gasteiger partial charge >= 0.3 is 0 Å². The lowest BCUT2D eigenvalue weighted by Crippen LogP contribution is -2.22. The van der Waals surface area contributed by atoms with Crippen LogP contribution < -0.4 is 5.73 Å². The van der Waals surface area contributed by atoms with Gasteiger partial charge in [-0.3, -0.25) is 10.1 Å². The molecular weight excluding hydrogens is 284 g/mol. The average Bonchev–Trinajstić information content (AvgIpc) is 2.43. The maximum Gasteiger partial charge on any atom is 0.261 e. The second kappa shape index (κ2) is 7.67. The molecule has 0 bridgehead atoms. The van der Waals surface area contributed by atoms with Crippen molar-refractivity contribution in [1.29, 1.82) is 0 Å². The lowest BCUT2D eigenvalue weighted by molar-refractivity contribution is -0.532. The van der Waals surface area contributed by atoms with Crippen LogP contribution in [0, 0.1) is 10.1 Å². The van der Waals surface area contributed by atoms with Crippen molar-refractivity contribution in [2.75, 3.05) is 27.4 Å². The highest BCUT2D eigenvalue weighted by molar-refractivity contribution is 5.36. The fourth-order valence-corrected chi connectivity index (χ4v) is 2.23. The summed E-state index contributed by atoms with van der Waals surface area (Å²) in [6, 6.07) is 4.43. The van der Waals surface area contributed by atoms with E-state index >= 15 is 0 Å². The summed E-state index contributed by atoms with van der Waals surface area (Å²) in [5.41, 5.74) is 8.44. The monoisotopic (exact) mass is 310 g/mol. The van der Waals surface area contributed by atoms with Crippen LogP contribution in [-0.4, -0.2) is 32.4 Å². The Hall–Kier alpha value is -1.50. The molecule has 2 unspecified atom stereocenters. The smallest absolute Gasteiger partial charge is 0.261 e. The Labute approximate surface area is 131 Å². The molecule has 0 aromatic heterocycles. The Morgan fingerprint density at radius 1 is 1.14 bits per heavy atom. The molecule has 0 saturated heterocycles. The zero-order valence-electron chi connectivity index (χ0n) is 14.0. The van der Waals surface area contributed by atoms with Gasteiger partial charge in [0, 0.05) is 24.7 Å². The number of rotatable bonds is 7. The second-order valence-corrected chi connectivity index (χ2v) is 6.46. The molecule has 0 fully saturated rings. The lowest BCUT2D eigenvalue weighted by atomic mass is 9.83. The van der Waals surface area contributed by atoms with Crippen LogP contribution in [0.5, 0.6) is 0 Å². The minimum atomic E-state index is -0.902. The molecule has 0 aliphatic rings. The van der Waals surface area contributed by atoms with Crippen molar-refractivity contribution < 1.29 is 14.4 Å². The van der Waals surface area contributed by atoms with E-state index in [1.807, 2.05) is 12.1 Å². The molecule has 0 saturated carbocycles. The predicted octanol–water partition coefficient (Wildman–Crippen LogP) is 2.59. The van der Waals surface area contributed by atoms with Crippen molar-refractivity contribution in [2.45, 2.75) is 38.3 Å². The fourth-order valence-electron chi connectivity index (χ4n) is 2.23. The number of nitrogens with zero attached hydrogens (tertiary/aromatic N) is 1. The molecular formula is C16H26N2O4. The number of hydrogen-bond acceptors (Lipinski definition) is 5. The van der Waals surface area contributed by atoms with Gasteiger partial charge in [-0.25, -0.2) is 0 Å². The molecule has 0 amide bonds. The molecule has 1 aromatic carbocycles. The molecule has 0 heterocycles. The van der Waals surface area contributed by atoms with Crippen LogP contribution in [0.15, 0.2) is 18.2 Å². The van der Waals surface area contributed by atoms with Gasteiger partial charge in [0.15, 0.2) is 0 Å². The van der Waals surface area contributed by atoms with E-state index in [4.69, 9.17) is 15.2 Å². The van der Waals surface area contributed by atoms with E-state index in [1.165, 1.54) is 7.11 Å². The van der Waals surface area contributed by atoms with Gasteiger partial charge in [0.05, 0.1) is 12.6 Å². The third kappa shape index (κ3) is 4.76. The Morgan fingerprint density at radius 3 is 2.14 bits per heavy atom. The SMILES string of the molecule is COCC(N)c1cc(C(COC)[N+](=O)[O-])cc(C(C)(C)C)c1. The summed E-state index contributed by atoms with van der Waals surface area (Å²) in [6.07, 6.45) is 0. The zero-order chi connectivity index (χ0) is 16.9. The highest BCUT2D eigenvalue weighted by Crippen LogP contribution is 2.30. The van der Waals surface area contributed by atoms with E-state index in [9.17, 15) is 10.1 Å². The normalized spacial score (nSPS) is 14.6. The summed E-state index contributed by atoms with van der Waals surface area (Å²) in [4.78, 5) is 11.0. The third-order valence-electron chi connectivity index (χ3n) is 3.58.